The maximum absolute atomic E-state index is 12.8. The van der Waals surface area contributed by atoms with Gasteiger partial charge in [-0.15, -0.1) is 0 Å². The first-order valence-electron chi connectivity index (χ1n) is 11.4. The predicted molar refractivity (Wildman–Crippen MR) is 124 cm³/mol. The van der Waals surface area contributed by atoms with Crippen LogP contribution < -0.4 is 10.2 Å². The Kier molecular flexibility index (Phi) is 6.14. The normalized spacial score (nSPS) is 21.2. The van der Waals surface area contributed by atoms with E-state index in [1.165, 1.54) is 29.6 Å². The van der Waals surface area contributed by atoms with E-state index in [-0.39, 0.29) is 6.04 Å². The van der Waals surface area contributed by atoms with Gasteiger partial charge in [0.2, 0.25) is 0 Å². The lowest BCUT2D eigenvalue weighted by molar-refractivity contribution is -0.137. The summed E-state index contributed by atoms with van der Waals surface area (Å²) in [5, 5.41) is 14.0. The quantitative estimate of drug-likeness (QED) is 0.596. The van der Waals surface area contributed by atoms with Gasteiger partial charge in [0.1, 0.15) is 18.0 Å². The molecule has 0 aliphatic carbocycles. The molecule has 2 aliphatic rings. The lowest BCUT2D eigenvalue weighted by atomic mass is 9.94. The molecular formula is C25H26F3N5O. The fourth-order valence-electron chi connectivity index (χ4n) is 4.83. The number of nitrogens with one attached hydrogen (secondary N) is 1. The Morgan fingerprint density at radius 3 is 2.47 bits per heavy atom. The van der Waals surface area contributed by atoms with Crippen LogP contribution in [0.1, 0.15) is 23.1 Å². The molecule has 34 heavy (non-hydrogen) atoms. The van der Waals surface area contributed by atoms with Gasteiger partial charge in [0.15, 0.2) is 0 Å². The highest BCUT2D eigenvalue weighted by Gasteiger charge is 2.34. The summed E-state index contributed by atoms with van der Waals surface area (Å²) in [5.74, 6) is 1.15. The summed E-state index contributed by atoms with van der Waals surface area (Å²) in [7, 11) is 0. The van der Waals surface area contributed by atoms with Crippen LogP contribution in [0.5, 0.6) is 0 Å². The number of benzene rings is 2. The minimum absolute atomic E-state index is 0.0937. The molecule has 2 aromatic carbocycles. The molecule has 1 saturated heterocycles. The third-order valence-corrected chi connectivity index (χ3v) is 6.64. The van der Waals surface area contributed by atoms with Crippen LogP contribution in [0, 0.1) is 0 Å². The largest absolute Gasteiger partial charge is 0.416 e. The highest BCUT2D eigenvalue weighted by atomic mass is 19.4. The number of hydrogen-bond acceptors (Lipinski definition) is 6. The lowest BCUT2D eigenvalue weighted by Gasteiger charge is -2.43. The van der Waals surface area contributed by atoms with Crippen LogP contribution in [0.25, 0.3) is 0 Å². The van der Waals surface area contributed by atoms with E-state index in [0.717, 1.165) is 44.6 Å². The molecule has 0 bridgehead atoms. The number of halogens is 3. The van der Waals surface area contributed by atoms with Gasteiger partial charge in [-0.05, 0) is 48.2 Å². The number of aliphatic hydroxyl groups excluding tert-OH is 1. The van der Waals surface area contributed by atoms with Crippen LogP contribution in [-0.2, 0) is 19.1 Å². The fourth-order valence-corrected chi connectivity index (χ4v) is 4.83. The van der Waals surface area contributed by atoms with E-state index in [1.807, 2.05) is 4.90 Å². The van der Waals surface area contributed by atoms with E-state index in [9.17, 15) is 18.3 Å². The Labute approximate surface area is 196 Å². The van der Waals surface area contributed by atoms with Gasteiger partial charge in [-0.25, -0.2) is 9.97 Å². The van der Waals surface area contributed by atoms with Crippen molar-refractivity contribution < 1.29 is 18.3 Å². The zero-order valence-electron chi connectivity index (χ0n) is 18.5. The van der Waals surface area contributed by atoms with Crippen LogP contribution in [-0.4, -0.2) is 51.8 Å². The average Bonchev–Trinajstić information content (AvgIpc) is 2.84. The van der Waals surface area contributed by atoms with Gasteiger partial charge in [-0.1, -0.05) is 24.3 Å². The van der Waals surface area contributed by atoms with E-state index in [0.29, 0.717) is 23.9 Å². The van der Waals surface area contributed by atoms with E-state index < -0.39 is 17.8 Å². The molecule has 1 fully saturated rings. The summed E-state index contributed by atoms with van der Waals surface area (Å²) < 4.78 is 38.3. The first kappa shape index (κ1) is 22.6. The van der Waals surface area contributed by atoms with E-state index >= 15 is 0 Å². The Morgan fingerprint density at radius 2 is 1.74 bits per heavy atom. The number of rotatable bonds is 4. The topological polar surface area (TPSA) is 64.5 Å². The summed E-state index contributed by atoms with van der Waals surface area (Å²) in [6, 6.07) is 15.1. The Bertz CT molecular complexity index is 1140. The number of anilines is 3. The summed E-state index contributed by atoms with van der Waals surface area (Å²) >= 11 is 0. The number of fused-ring (bicyclic) bond motifs is 1. The van der Waals surface area contributed by atoms with Crippen molar-refractivity contribution >= 4 is 17.3 Å². The van der Waals surface area contributed by atoms with E-state index in [4.69, 9.17) is 0 Å². The van der Waals surface area contributed by atoms with Crippen molar-refractivity contribution in [2.75, 3.05) is 29.9 Å². The molecular weight excluding hydrogens is 443 g/mol. The zero-order valence-corrected chi connectivity index (χ0v) is 18.5. The first-order valence-corrected chi connectivity index (χ1v) is 11.4. The van der Waals surface area contributed by atoms with Crippen molar-refractivity contribution in [2.45, 2.75) is 37.7 Å². The van der Waals surface area contributed by atoms with Crippen LogP contribution in [0.15, 0.2) is 60.9 Å². The third-order valence-electron chi connectivity index (χ3n) is 6.64. The minimum atomic E-state index is -4.37. The monoisotopic (exact) mass is 469 g/mol. The smallest absolute Gasteiger partial charge is 0.390 e. The fraction of sp³-hybridized carbons (Fsp3) is 0.360. The molecule has 2 atom stereocenters. The molecule has 5 rings (SSSR count). The number of aromatic nitrogens is 2. The molecule has 178 valence electrons. The highest BCUT2D eigenvalue weighted by Crippen LogP contribution is 2.31. The molecule has 9 heteroatoms. The number of piperidine rings is 1. The average molecular weight is 470 g/mol. The molecule has 0 amide bonds. The summed E-state index contributed by atoms with van der Waals surface area (Å²) in [5.41, 5.74) is 2.52. The van der Waals surface area contributed by atoms with Crippen LogP contribution in [0.4, 0.5) is 30.5 Å². The number of aliphatic hydroxyl groups is 1. The first-order chi connectivity index (χ1) is 16.4. The summed E-state index contributed by atoms with van der Waals surface area (Å²) in [6.45, 7) is 3.00. The molecule has 2 aliphatic heterocycles. The molecule has 0 spiro atoms. The molecule has 1 aromatic heterocycles. The predicted octanol–water partition coefficient (Wildman–Crippen LogP) is 4.24. The second kappa shape index (κ2) is 9.23. The SMILES string of the molecule is O[C@H]1CN(c2cc(Nc3ccc(C(F)(F)F)cc3)ncn2)CC[C@@H]1N1CCc2ccccc2C1. The van der Waals surface area contributed by atoms with Crippen molar-refractivity contribution in [3.05, 3.63) is 77.6 Å². The Morgan fingerprint density at radius 1 is 0.971 bits per heavy atom. The van der Waals surface area contributed by atoms with Crippen LogP contribution in [0.3, 0.4) is 0 Å². The van der Waals surface area contributed by atoms with E-state index in [1.54, 1.807) is 6.07 Å². The van der Waals surface area contributed by atoms with E-state index in [2.05, 4.69) is 44.5 Å². The molecule has 3 aromatic rings. The van der Waals surface area contributed by atoms with Gasteiger partial charge < -0.3 is 15.3 Å². The molecule has 0 saturated carbocycles. The van der Waals surface area contributed by atoms with Crippen molar-refractivity contribution in [3.8, 4) is 0 Å². The standard InChI is InChI=1S/C25H26F3N5O/c26-25(27,28)19-5-7-20(8-6-19)31-23-13-24(30-16-29-23)33-12-10-21(22(34)15-33)32-11-9-17-3-1-2-4-18(17)14-32/h1-8,13,16,21-22,34H,9-12,14-15H2,(H,29,30,31)/t21-,22-/m0/s1. The highest BCUT2D eigenvalue weighted by molar-refractivity contribution is 5.59. The van der Waals surface area contributed by atoms with Gasteiger partial charge >= 0.3 is 6.18 Å². The van der Waals surface area contributed by atoms with Crippen molar-refractivity contribution in [3.63, 3.8) is 0 Å². The summed E-state index contributed by atoms with van der Waals surface area (Å²) in [6.07, 6.45) is -1.66. The molecule has 2 N–H and O–H groups in total. The summed E-state index contributed by atoms with van der Waals surface area (Å²) in [4.78, 5) is 12.9. The van der Waals surface area contributed by atoms with Gasteiger partial charge in [0, 0.05) is 44.0 Å². The van der Waals surface area contributed by atoms with Gasteiger partial charge in [0.25, 0.3) is 0 Å². The second-order valence-electron chi connectivity index (χ2n) is 8.82. The molecule has 0 radical (unpaired) electrons. The van der Waals surface area contributed by atoms with Gasteiger partial charge in [-0.3, -0.25) is 4.90 Å². The Balaban J connectivity index is 1.22. The number of hydrogen-bond donors (Lipinski definition) is 2. The maximum Gasteiger partial charge on any atom is 0.416 e. The van der Waals surface area contributed by atoms with Crippen molar-refractivity contribution in [1.29, 1.82) is 0 Å². The van der Waals surface area contributed by atoms with Crippen LogP contribution >= 0.6 is 0 Å². The number of β-amino-alcohol motifs (C(OH)–C–C–N with tert-alkyl or cyclic N) is 1. The van der Waals surface area contributed by atoms with Gasteiger partial charge in [-0.2, -0.15) is 13.2 Å². The zero-order chi connectivity index (χ0) is 23.7. The number of alkyl halides is 3. The number of nitrogens with zero attached hydrogens (tertiary/aromatic N) is 4. The lowest BCUT2D eigenvalue weighted by Crippen LogP contribution is -2.55. The van der Waals surface area contributed by atoms with Crippen molar-refractivity contribution in [1.82, 2.24) is 14.9 Å². The molecule has 6 nitrogen and oxygen atoms in total. The van der Waals surface area contributed by atoms with Gasteiger partial charge in [0.05, 0.1) is 11.7 Å². The molecule has 3 heterocycles. The van der Waals surface area contributed by atoms with Crippen molar-refractivity contribution in [2.24, 2.45) is 0 Å². The third kappa shape index (κ3) is 4.85. The van der Waals surface area contributed by atoms with Crippen LogP contribution in [0.2, 0.25) is 0 Å². The molecule has 0 unspecified atom stereocenters. The maximum atomic E-state index is 12.8. The Hall–Kier alpha value is -3.17. The minimum Gasteiger partial charge on any atom is -0.390 e. The second-order valence-corrected chi connectivity index (χ2v) is 8.82.